The fraction of sp³-hybridized carbons (Fsp3) is 0.500. The van der Waals surface area contributed by atoms with Gasteiger partial charge in [-0.15, -0.1) is 0 Å². The predicted octanol–water partition coefficient (Wildman–Crippen LogP) is 1.45. The lowest BCUT2D eigenvalue weighted by Gasteiger charge is -2.31. The number of ether oxygens (including phenoxy) is 2. The van der Waals surface area contributed by atoms with Crippen LogP contribution < -0.4 is 0 Å². The summed E-state index contributed by atoms with van der Waals surface area (Å²) in [6, 6.07) is 9.65. The van der Waals surface area contributed by atoms with Gasteiger partial charge in [0.15, 0.2) is 6.23 Å². The van der Waals surface area contributed by atoms with E-state index in [9.17, 15) is 4.79 Å². The molecule has 1 fully saturated rings. The van der Waals surface area contributed by atoms with Crippen LogP contribution in [0.25, 0.3) is 0 Å². The van der Waals surface area contributed by atoms with Crippen LogP contribution >= 0.6 is 0 Å². The molecule has 4 nitrogen and oxygen atoms in total. The highest BCUT2D eigenvalue weighted by Crippen LogP contribution is 2.07. The topological polar surface area (TPSA) is 38.8 Å². The number of hydrogen-bond acceptors (Lipinski definition) is 4. The van der Waals surface area contributed by atoms with E-state index in [0.717, 1.165) is 18.7 Å². The maximum absolute atomic E-state index is 11.8. The van der Waals surface area contributed by atoms with Gasteiger partial charge < -0.3 is 9.47 Å². The van der Waals surface area contributed by atoms with Crippen molar-refractivity contribution in [3.8, 4) is 0 Å². The summed E-state index contributed by atoms with van der Waals surface area (Å²) in [5.41, 5.74) is 0.983. The van der Waals surface area contributed by atoms with Gasteiger partial charge in [-0.05, 0) is 12.5 Å². The SMILES string of the molecule is CC(OC(=O)Cc1ccccc1)N1CCOCC1. The van der Waals surface area contributed by atoms with Gasteiger partial charge in [0.2, 0.25) is 0 Å². The molecule has 98 valence electrons. The summed E-state index contributed by atoms with van der Waals surface area (Å²) in [5, 5.41) is 0. The summed E-state index contributed by atoms with van der Waals surface area (Å²) in [5.74, 6) is -0.180. The molecule has 1 saturated heterocycles. The molecule has 4 heteroatoms. The normalized spacial score (nSPS) is 18.3. The molecule has 0 N–H and O–H groups in total. The summed E-state index contributed by atoms with van der Waals surface area (Å²) in [6.07, 6.45) is 0.153. The molecule has 18 heavy (non-hydrogen) atoms. The zero-order chi connectivity index (χ0) is 12.8. The highest BCUT2D eigenvalue weighted by molar-refractivity contribution is 5.72. The smallest absolute Gasteiger partial charge is 0.311 e. The Bertz CT molecular complexity index is 374. The molecule has 0 aliphatic carbocycles. The van der Waals surface area contributed by atoms with Gasteiger partial charge in [-0.25, -0.2) is 0 Å². The first kappa shape index (κ1) is 13.1. The van der Waals surface area contributed by atoms with E-state index >= 15 is 0 Å². The van der Waals surface area contributed by atoms with Gasteiger partial charge in [0.1, 0.15) is 0 Å². The fourth-order valence-corrected chi connectivity index (χ4v) is 2.01. The lowest BCUT2D eigenvalue weighted by molar-refractivity contribution is -0.160. The molecule has 1 aromatic carbocycles. The second-order valence-electron chi connectivity index (χ2n) is 4.40. The highest BCUT2D eigenvalue weighted by atomic mass is 16.6. The van der Waals surface area contributed by atoms with Gasteiger partial charge in [0, 0.05) is 13.1 Å². The Morgan fingerprint density at radius 3 is 2.67 bits per heavy atom. The van der Waals surface area contributed by atoms with Crippen molar-refractivity contribution < 1.29 is 14.3 Å². The van der Waals surface area contributed by atoms with Crippen molar-refractivity contribution in [2.75, 3.05) is 26.3 Å². The number of nitrogens with zero attached hydrogens (tertiary/aromatic N) is 1. The molecule has 1 heterocycles. The van der Waals surface area contributed by atoms with Crippen molar-refractivity contribution in [2.24, 2.45) is 0 Å². The fourth-order valence-electron chi connectivity index (χ4n) is 2.01. The van der Waals surface area contributed by atoms with Crippen LogP contribution in [0.15, 0.2) is 30.3 Å². The van der Waals surface area contributed by atoms with E-state index < -0.39 is 0 Å². The first-order valence-corrected chi connectivity index (χ1v) is 6.31. The van der Waals surface area contributed by atoms with E-state index in [-0.39, 0.29) is 12.2 Å². The summed E-state index contributed by atoms with van der Waals surface area (Å²) >= 11 is 0. The van der Waals surface area contributed by atoms with Crippen LogP contribution in [0, 0.1) is 0 Å². The third-order valence-corrected chi connectivity index (χ3v) is 3.05. The summed E-state index contributed by atoms with van der Waals surface area (Å²) in [6.45, 7) is 4.97. The molecule has 1 aliphatic rings. The molecule has 0 saturated carbocycles. The number of esters is 1. The quantitative estimate of drug-likeness (QED) is 0.757. The van der Waals surface area contributed by atoms with Crippen molar-refractivity contribution in [3.05, 3.63) is 35.9 Å². The van der Waals surface area contributed by atoms with Crippen molar-refractivity contribution in [1.82, 2.24) is 4.90 Å². The molecule has 2 rings (SSSR count). The van der Waals surface area contributed by atoms with E-state index in [0.29, 0.717) is 19.6 Å². The summed E-state index contributed by atoms with van der Waals surface area (Å²) < 4.78 is 10.7. The molecule has 0 amide bonds. The number of hydrogen-bond donors (Lipinski definition) is 0. The minimum atomic E-state index is -0.180. The zero-order valence-electron chi connectivity index (χ0n) is 10.7. The third kappa shape index (κ3) is 3.82. The Kier molecular flexibility index (Phi) is 4.73. The molecule has 1 aromatic rings. The number of carbonyl (C=O) groups excluding carboxylic acids is 1. The maximum atomic E-state index is 11.8. The summed E-state index contributed by atoms with van der Waals surface area (Å²) in [7, 11) is 0. The molecule has 1 atom stereocenters. The van der Waals surface area contributed by atoms with Gasteiger partial charge in [-0.3, -0.25) is 9.69 Å². The van der Waals surface area contributed by atoms with Gasteiger partial charge >= 0.3 is 5.97 Å². The Hall–Kier alpha value is -1.39. The lowest BCUT2D eigenvalue weighted by atomic mass is 10.2. The van der Waals surface area contributed by atoms with Crippen LogP contribution in [-0.4, -0.2) is 43.4 Å². The molecule has 0 aromatic heterocycles. The Balaban J connectivity index is 1.79. The van der Waals surface area contributed by atoms with Crippen LogP contribution in [0.1, 0.15) is 12.5 Å². The van der Waals surface area contributed by atoms with E-state index in [1.165, 1.54) is 0 Å². The third-order valence-electron chi connectivity index (χ3n) is 3.05. The van der Waals surface area contributed by atoms with Crippen LogP contribution in [0.5, 0.6) is 0 Å². The van der Waals surface area contributed by atoms with Gasteiger partial charge in [-0.2, -0.15) is 0 Å². The largest absolute Gasteiger partial charge is 0.446 e. The standard InChI is InChI=1S/C14H19NO3/c1-12(15-7-9-17-10-8-15)18-14(16)11-13-5-3-2-4-6-13/h2-6,12H,7-11H2,1H3. The number of morpholine rings is 1. The van der Waals surface area contributed by atoms with E-state index in [1.54, 1.807) is 0 Å². The van der Waals surface area contributed by atoms with Gasteiger partial charge in [-0.1, -0.05) is 30.3 Å². The average Bonchev–Trinajstić information content (AvgIpc) is 2.40. The summed E-state index contributed by atoms with van der Waals surface area (Å²) in [4.78, 5) is 13.9. The van der Waals surface area contributed by atoms with E-state index in [2.05, 4.69) is 4.90 Å². The van der Waals surface area contributed by atoms with Crippen LogP contribution in [0.4, 0.5) is 0 Å². The second kappa shape index (κ2) is 6.52. The zero-order valence-corrected chi connectivity index (χ0v) is 10.7. The van der Waals surface area contributed by atoms with Gasteiger partial charge in [0.05, 0.1) is 19.6 Å². The van der Waals surface area contributed by atoms with Crippen molar-refractivity contribution in [1.29, 1.82) is 0 Å². The number of rotatable bonds is 4. The van der Waals surface area contributed by atoms with Crippen LogP contribution in [-0.2, 0) is 20.7 Å². The van der Waals surface area contributed by atoms with Crippen LogP contribution in [0.3, 0.4) is 0 Å². The molecule has 0 bridgehead atoms. The lowest BCUT2D eigenvalue weighted by Crippen LogP contribution is -2.44. The number of carbonyl (C=O) groups is 1. The van der Waals surface area contributed by atoms with Gasteiger partial charge in [0.25, 0.3) is 0 Å². The predicted molar refractivity (Wildman–Crippen MR) is 68.1 cm³/mol. The molecule has 1 unspecified atom stereocenters. The molecular formula is C14H19NO3. The van der Waals surface area contributed by atoms with Crippen molar-refractivity contribution in [2.45, 2.75) is 19.6 Å². The first-order chi connectivity index (χ1) is 8.75. The minimum Gasteiger partial charge on any atom is -0.446 e. The molecular weight excluding hydrogens is 230 g/mol. The molecule has 0 radical (unpaired) electrons. The van der Waals surface area contributed by atoms with Crippen molar-refractivity contribution in [3.63, 3.8) is 0 Å². The number of benzene rings is 1. The minimum absolute atomic E-state index is 0.176. The Labute approximate surface area is 107 Å². The maximum Gasteiger partial charge on any atom is 0.311 e. The Morgan fingerprint density at radius 2 is 2.00 bits per heavy atom. The highest BCUT2D eigenvalue weighted by Gasteiger charge is 2.20. The van der Waals surface area contributed by atoms with Crippen molar-refractivity contribution >= 4 is 5.97 Å². The monoisotopic (exact) mass is 249 g/mol. The molecule has 1 aliphatic heterocycles. The Morgan fingerprint density at radius 1 is 1.33 bits per heavy atom. The second-order valence-corrected chi connectivity index (χ2v) is 4.40. The first-order valence-electron chi connectivity index (χ1n) is 6.31. The van der Waals surface area contributed by atoms with Crippen LogP contribution in [0.2, 0.25) is 0 Å². The average molecular weight is 249 g/mol. The molecule has 0 spiro atoms. The van der Waals surface area contributed by atoms with E-state index in [4.69, 9.17) is 9.47 Å². The van der Waals surface area contributed by atoms with E-state index in [1.807, 2.05) is 37.3 Å².